The van der Waals surface area contributed by atoms with Gasteiger partial charge in [0.25, 0.3) is 0 Å². The third-order valence-corrected chi connectivity index (χ3v) is 4.83. The highest BCUT2D eigenvalue weighted by molar-refractivity contribution is 8.06. The van der Waals surface area contributed by atoms with E-state index in [9.17, 15) is 26.0 Å². The summed E-state index contributed by atoms with van der Waals surface area (Å²) in [6.07, 6.45) is -2.57. The Hall–Kier alpha value is -1.90. The molecular weight excluding hydrogens is 350 g/mol. The van der Waals surface area contributed by atoms with E-state index in [4.69, 9.17) is 4.84 Å². The van der Waals surface area contributed by atoms with Gasteiger partial charge in [-0.15, -0.1) is 0 Å². The molecule has 0 bridgehead atoms. The largest absolute Gasteiger partial charge is 0.417 e. The minimum atomic E-state index is -4.74. The molecule has 0 spiro atoms. The van der Waals surface area contributed by atoms with Gasteiger partial charge in [-0.05, 0) is 31.5 Å². The van der Waals surface area contributed by atoms with Crippen LogP contribution in [0, 0.1) is 5.82 Å². The number of hydrogen-bond acceptors (Lipinski definition) is 4. The van der Waals surface area contributed by atoms with Gasteiger partial charge in [-0.25, -0.2) is 12.8 Å². The highest BCUT2D eigenvalue weighted by atomic mass is 32.2. The van der Waals surface area contributed by atoms with Crippen LogP contribution < -0.4 is 0 Å². The summed E-state index contributed by atoms with van der Waals surface area (Å²) in [5.74, 6) is -1.55. The van der Waals surface area contributed by atoms with Crippen LogP contribution in [-0.2, 0) is 20.9 Å². The Balaban J connectivity index is 2.18. The number of oxime groups is 1. The normalized spacial score (nSPS) is 17.8. The number of alkyl halides is 3. The lowest BCUT2D eigenvalue weighted by molar-refractivity contribution is -0.137. The third-order valence-electron chi connectivity index (χ3n) is 3.26. The molecule has 0 unspecified atom stereocenters. The highest BCUT2D eigenvalue weighted by Crippen LogP contribution is 2.33. The minimum absolute atomic E-state index is 0.0908. The van der Waals surface area contributed by atoms with Gasteiger partial charge in [0.1, 0.15) is 11.4 Å². The number of hydrogen-bond donors (Lipinski definition) is 0. The van der Waals surface area contributed by atoms with Crippen LogP contribution in [0.5, 0.6) is 0 Å². The topological polar surface area (TPSA) is 55.7 Å². The molecule has 0 saturated heterocycles. The molecule has 9 heteroatoms. The van der Waals surface area contributed by atoms with Gasteiger partial charge < -0.3 is 4.84 Å². The van der Waals surface area contributed by atoms with E-state index in [1.807, 2.05) is 0 Å². The highest BCUT2D eigenvalue weighted by Gasteiger charge is 2.35. The van der Waals surface area contributed by atoms with E-state index in [0.29, 0.717) is 6.07 Å². The summed E-state index contributed by atoms with van der Waals surface area (Å²) in [4.78, 5) is 4.98. The zero-order valence-electron chi connectivity index (χ0n) is 12.9. The first-order chi connectivity index (χ1) is 10.9. The van der Waals surface area contributed by atoms with Crippen molar-refractivity contribution in [3.05, 3.63) is 41.2 Å². The van der Waals surface area contributed by atoms with Gasteiger partial charge in [-0.2, -0.15) is 13.2 Å². The first-order valence-electron chi connectivity index (χ1n) is 6.92. The lowest BCUT2D eigenvalue weighted by Crippen LogP contribution is -2.23. The fourth-order valence-corrected chi connectivity index (χ4v) is 3.35. The zero-order valence-corrected chi connectivity index (χ0v) is 13.7. The molecule has 1 aliphatic rings. The summed E-state index contributed by atoms with van der Waals surface area (Å²) in [5, 5.41) is 3.37. The van der Waals surface area contributed by atoms with E-state index in [-0.39, 0.29) is 17.0 Å². The Labute approximate surface area is 136 Å². The predicted octanol–water partition coefficient (Wildman–Crippen LogP) is 3.78. The van der Waals surface area contributed by atoms with Gasteiger partial charge in [0.2, 0.25) is 0 Å². The Morgan fingerprint density at radius 3 is 2.54 bits per heavy atom. The van der Waals surface area contributed by atoms with Gasteiger partial charge in [-0.1, -0.05) is 23.4 Å². The Kier molecular flexibility index (Phi) is 4.76. The summed E-state index contributed by atoms with van der Waals surface area (Å²) >= 11 is 0. The number of sulfone groups is 1. The quantitative estimate of drug-likeness (QED) is 0.766. The van der Waals surface area contributed by atoms with Crippen molar-refractivity contribution < 1.29 is 30.8 Å². The molecular formula is C15H15F4NO3S. The molecule has 2 rings (SSSR count). The molecule has 0 atom stereocenters. The average Bonchev–Trinajstić information content (AvgIpc) is 2.80. The molecule has 0 N–H and O–H groups in total. The van der Waals surface area contributed by atoms with E-state index in [2.05, 4.69) is 5.16 Å². The molecule has 1 heterocycles. The van der Waals surface area contributed by atoms with Crippen LogP contribution in [0.25, 0.3) is 6.08 Å². The zero-order chi connectivity index (χ0) is 18.2. The van der Waals surface area contributed by atoms with Crippen molar-refractivity contribution in [2.24, 2.45) is 5.16 Å². The number of nitrogens with zero attached hydrogens (tertiary/aromatic N) is 1. The van der Waals surface area contributed by atoms with Crippen molar-refractivity contribution >= 4 is 21.0 Å². The molecule has 4 nitrogen and oxygen atoms in total. The molecule has 0 radical (unpaired) electrons. The van der Waals surface area contributed by atoms with E-state index >= 15 is 0 Å². The van der Waals surface area contributed by atoms with Crippen molar-refractivity contribution in [1.82, 2.24) is 0 Å². The Morgan fingerprint density at radius 2 is 2.00 bits per heavy atom. The predicted molar refractivity (Wildman–Crippen MR) is 81.4 cm³/mol. The first kappa shape index (κ1) is 18.4. The maximum atomic E-state index is 13.0. The SMILES string of the molecule is CC1(C)CC(S(=O)(=O)C/C=C/c2ccc(F)cc2C(F)(F)F)=NO1. The maximum Gasteiger partial charge on any atom is 0.417 e. The average molecular weight is 365 g/mol. The number of rotatable bonds is 3. The number of benzene rings is 1. The van der Waals surface area contributed by atoms with Gasteiger partial charge >= 0.3 is 6.18 Å². The van der Waals surface area contributed by atoms with Crippen LogP contribution in [0.4, 0.5) is 17.6 Å². The fourth-order valence-electron chi connectivity index (χ4n) is 2.09. The maximum absolute atomic E-state index is 13.0. The van der Waals surface area contributed by atoms with E-state index in [1.54, 1.807) is 13.8 Å². The lowest BCUT2D eigenvalue weighted by atomic mass is 10.1. The van der Waals surface area contributed by atoms with Gasteiger partial charge in [0.05, 0.1) is 11.3 Å². The first-order valence-corrected chi connectivity index (χ1v) is 8.57. The Morgan fingerprint density at radius 1 is 1.33 bits per heavy atom. The molecule has 1 aromatic carbocycles. The van der Waals surface area contributed by atoms with Crippen LogP contribution in [0.1, 0.15) is 31.4 Å². The van der Waals surface area contributed by atoms with Crippen molar-refractivity contribution in [2.75, 3.05) is 5.75 Å². The molecule has 0 fully saturated rings. The standard InChI is InChI=1S/C15H15F4NO3S/c1-14(2)9-13(20-23-14)24(21,22)7-3-4-10-5-6-11(16)8-12(10)15(17,18)19/h3-6,8H,7,9H2,1-2H3/b4-3+. The van der Waals surface area contributed by atoms with Crippen LogP contribution in [0.15, 0.2) is 29.4 Å². The Bertz CT molecular complexity index is 795. The molecule has 1 aliphatic heterocycles. The summed E-state index contributed by atoms with van der Waals surface area (Å²) in [7, 11) is -3.77. The number of halogens is 4. The second kappa shape index (κ2) is 6.19. The fraction of sp³-hybridized carbons (Fsp3) is 0.400. The summed E-state index contributed by atoms with van der Waals surface area (Å²) in [6, 6.07) is 2.19. The van der Waals surface area contributed by atoms with Crippen molar-refractivity contribution in [3.8, 4) is 0 Å². The van der Waals surface area contributed by atoms with Crippen molar-refractivity contribution in [1.29, 1.82) is 0 Å². The van der Waals surface area contributed by atoms with Crippen LogP contribution in [-0.4, -0.2) is 24.8 Å². The molecule has 0 saturated carbocycles. The molecule has 24 heavy (non-hydrogen) atoms. The third kappa shape index (κ3) is 4.34. The van der Waals surface area contributed by atoms with Gasteiger partial charge in [0, 0.05) is 6.42 Å². The summed E-state index contributed by atoms with van der Waals surface area (Å²) in [6.45, 7) is 3.34. The van der Waals surface area contributed by atoms with Gasteiger partial charge in [-0.3, -0.25) is 0 Å². The van der Waals surface area contributed by atoms with E-state index in [0.717, 1.165) is 24.3 Å². The summed E-state index contributed by atoms with van der Waals surface area (Å²) < 4.78 is 75.8. The van der Waals surface area contributed by atoms with Crippen molar-refractivity contribution in [3.63, 3.8) is 0 Å². The smallest absolute Gasteiger partial charge is 0.389 e. The van der Waals surface area contributed by atoms with Gasteiger partial charge in [0.15, 0.2) is 14.9 Å². The monoisotopic (exact) mass is 365 g/mol. The molecule has 0 amide bonds. The van der Waals surface area contributed by atoms with Crippen molar-refractivity contribution in [2.45, 2.75) is 32.0 Å². The van der Waals surface area contributed by atoms with Crippen LogP contribution in [0.2, 0.25) is 0 Å². The molecule has 1 aromatic rings. The minimum Gasteiger partial charge on any atom is -0.389 e. The molecule has 0 aliphatic carbocycles. The second-order valence-corrected chi connectivity index (χ2v) is 7.96. The van der Waals surface area contributed by atoms with Crippen LogP contribution >= 0.6 is 0 Å². The second-order valence-electron chi connectivity index (χ2n) is 5.93. The lowest BCUT2D eigenvalue weighted by Gasteiger charge is -2.13. The van der Waals surface area contributed by atoms with E-state index in [1.165, 1.54) is 0 Å². The van der Waals surface area contributed by atoms with E-state index < -0.39 is 38.7 Å². The molecule has 0 aromatic heterocycles. The molecule has 132 valence electrons. The summed E-state index contributed by atoms with van der Waals surface area (Å²) in [5.41, 5.74) is -2.21. The van der Waals surface area contributed by atoms with Crippen LogP contribution in [0.3, 0.4) is 0 Å².